The largest absolute Gasteiger partial charge is 0.508 e. The van der Waals surface area contributed by atoms with Crippen molar-refractivity contribution in [2.45, 2.75) is 44.9 Å². The molecule has 1 heterocycles. The van der Waals surface area contributed by atoms with Crippen molar-refractivity contribution in [1.29, 1.82) is 0 Å². The van der Waals surface area contributed by atoms with Crippen molar-refractivity contribution >= 4 is 0 Å². The third kappa shape index (κ3) is 2.81. The monoisotopic (exact) mass is 233 g/mol. The highest BCUT2D eigenvalue weighted by Crippen LogP contribution is 2.35. The SMILES string of the molecule is CC(C)(C)c1ccc(O)c(C2CCNCC2)c1. The fraction of sp³-hybridized carbons (Fsp3) is 0.600. The minimum Gasteiger partial charge on any atom is -0.508 e. The van der Waals surface area contributed by atoms with Gasteiger partial charge in [-0.3, -0.25) is 0 Å². The molecule has 1 saturated heterocycles. The van der Waals surface area contributed by atoms with E-state index in [4.69, 9.17) is 0 Å². The van der Waals surface area contributed by atoms with Gasteiger partial charge in [-0.05, 0) is 54.5 Å². The molecule has 0 saturated carbocycles. The third-order valence-corrected chi connectivity index (χ3v) is 3.67. The van der Waals surface area contributed by atoms with E-state index < -0.39 is 0 Å². The molecule has 0 amide bonds. The molecule has 0 aliphatic carbocycles. The van der Waals surface area contributed by atoms with Crippen molar-refractivity contribution in [3.8, 4) is 5.75 Å². The number of aromatic hydroxyl groups is 1. The maximum absolute atomic E-state index is 10.0. The quantitative estimate of drug-likeness (QED) is 0.781. The Labute approximate surface area is 104 Å². The van der Waals surface area contributed by atoms with Crippen molar-refractivity contribution in [3.63, 3.8) is 0 Å². The Bertz CT molecular complexity index is 386. The molecule has 2 heteroatoms. The van der Waals surface area contributed by atoms with Crippen LogP contribution in [-0.4, -0.2) is 18.2 Å². The second-order valence-electron chi connectivity index (χ2n) is 6.05. The first-order valence-electron chi connectivity index (χ1n) is 6.52. The molecule has 17 heavy (non-hydrogen) atoms. The molecule has 1 aliphatic rings. The Balaban J connectivity index is 2.31. The Morgan fingerprint density at radius 1 is 1.18 bits per heavy atom. The summed E-state index contributed by atoms with van der Waals surface area (Å²) in [7, 11) is 0. The first-order chi connectivity index (χ1) is 7.98. The Morgan fingerprint density at radius 2 is 1.82 bits per heavy atom. The number of phenolic OH excluding ortho intramolecular Hbond substituents is 1. The summed E-state index contributed by atoms with van der Waals surface area (Å²) in [5, 5.41) is 13.4. The summed E-state index contributed by atoms with van der Waals surface area (Å²) in [5.74, 6) is 0.975. The molecule has 2 rings (SSSR count). The van der Waals surface area contributed by atoms with Gasteiger partial charge in [-0.15, -0.1) is 0 Å². The fourth-order valence-corrected chi connectivity index (χ4v) is 2.48. The van der Waals surface area contributed by atoms with E-state index in [0.29, 0.717) is 11.7 Å². The van der Waals surface area contributed by atoms with E-state index in [2.05, 4.69) is 32.2 Å². The van der Waals surface area contributed by atoms with Crippen LogP contribution >= 0.6 is 0 Å². The number of hydrogen-bond donors (Lipinski definition) is 2. The van der Waals surface area contributed by atoms with Gasteiger partial charge in [-0.1, -0.05) is 32.9 Å². The first-order valence-corrected chi connectivity index (χ1v) is 6.52. The van der Waals surface area contributed by atoms with Gasteiger partial charge < -0.3 is 10.4 Å². The predicted octanol–water partition coefficient (Wildman–Crippen LogP) is 3.16. The van der Waals surface area contributed by atoms with Crippen LogP contribution in [0.4, 0.5) is 0 Å². The summed E-state index contributed by atoms with van der Waals surface area (Å²) in [4.78, 5) is 0. The lowest BCUT2D eigenvalue weighted by Crippen LogP contribution is -2.26. The maximum Gasteiger partial charge on any atom is 0.119 e. The average molecular weight is 233 g/mol. The Kier molecular flexibility index (Phi) is 3.43. The predicted molar refractivity (Wildman–Crippen MR) is 71.7 cm³/mol. The molecule has 0 spiro atoms. The van der Waals surface area contributed by atoms with Crippen LogP contribution in [0.2, 0.25) is 0 Å². The summed E-state index contributed by atoms with van der Waals surface area (Å²) in [6.45, 7) is 8.76. The lowest BCUT2D eigenvalue weighted by Gasteiger charge is -2.26. The summed E-state index contributed by atoms with van der Waals surface area (Å²) < 4.78 is 0. The molecule has 94 valence electrons. The highest BCUT2D eigenvalue weighted by molar-refractivity contribution is 5.41. The van der Waals surface area contributed by atoms with Gasteiger partial charge in [0.05, 0.1) is 0 Å². The van der Waals surface area contributed by atoms with E-state index in [1.165, 1.54) is 5.56 Å². The highest BCUT2D eigenvalue weighted by atomic mass is 16.3. The van der Waals surface area contributed by atoms with E-state index >= 15 is 0 Å². The zero-order valence-corrected chi connectivity index (χ0v) is 11.1. The molecule has 0 atom stereocenters. The molecule has 2 N–H and O–H groups in total. The summed E-state index contributed by atoms with van der Waals surface area (Å²) in [6, 6.07) is 6.10. The third-order valence-electron chi connectivity index (χ3n) is 3.67. The molecule has 0 aromatic heterocycles. The van der Waals surface area contributed by atoms with Crippen LogP contribution in [0.15, 0.2) is 18.2 Å². The summed E-state index contributed by atoms with van der Waals surface area (Å²) in [5.41, 5.74) is 2.60. The molecule has 0 unspecified atom stereocenters. The van der Waals surface area contributed by atoms with Gasteiger partial charge in [-0.2, -0.15) is 0 Å². The second-order valence-corrected chi connectivity index (χ2v) is 6.05. The van der Waals surface area contributed by atoms with Crippen molar-refractivity contribution in [1.82, 2.24) is 5.32 Å². The minimum absolute atomic E-state index is 0.148. The van der Waals surface area contributed by atoms with Crippen LogP contribution in [0, 0.1) is 0 Å². The standard InChI is InChI=1S/C15H23NO/c1-15(2,3)12-4-5-14(17)13(10-12)11-6-8-16-9-7-11/h4-5,10-11,16-17H,6-9H2,1-3H3. The summed E-state index contributed by atoms with van der Waals surface area (Å²) >= 11 is 0. The van der Waals surface area contributed by atoms with E-state index in [1.54, 1.807) is 0 Å². The molecular weight excluding hydrogens is 210 g/mol. The zero-order chi connectivity index (χ0) is 12.5. The number of hydrogen-bond acceptors (Lipinski definition) is 2. The minimum atomic E-state index is 0.148. The van der Waals surface area contributed by atoms with Crippen LogP contribution in [0.25, 0.3) is 0 Å². The smallest absolute Gasteiger partial charge is 0.119 e. The lowest BCUT2D eigenvalue weighted by atomic mass is 9.82. The molecular formula is C15H23NO. The van der Waals surface area contributed by atoms with E-state index in [9.17, 15) is 5.11 Å². The number of benzene rings is 1. The molecule has 2 nitrogen and oxygen atoms in total. The van der Waals surface area contributed by atoms with Gasteiger partial charge in [0.25, 0.3) is 0 Å². The average Bonchev–Trinajstić information content (AvgIpc) is 2.29. The van der Waals surface area contributed by atoms with Gasteiger partial charge in [0.1, 0.15) is 5.75 Å². The molecule has 0 bridgehead atoms. The van der Waals surface area contributed by atoms with E-state index in [0.717, 1.165) is 31.5 Å². The topological polar surface area (TPSA) is 32.3 Å². The second kappa shape index (κ2) is 4.69. The lowest BCUT2D eigenvalue weighted by molar-refractivity contribution is 0.423. The van der Waals surface area contributed by atoms with Gasteiger partial charge in [-0.25, -0.2) is 0 Å². The first kappa shape index (κ1) is 12.4. The normalized spacial score (nSPS) is 18.3. The van der Waals surface area contributed by atoms with Crippen molar-refractivity contribution in [3.05, 3.63) is 29.3 Å². The molecule has 1 aliphatic heterocycles. The van der Waals surface area contributed by atoms with Crippen LogP contribution in [0.5, 0.6) is 5.75 Å². The van der Waals surface area contributed by atoms with Gasteiger partial charge in [0.2, 0.25) is 0 Å². The highest BCUT2D eigenvalue weighted by Gasteiger charge is 2.21. The van der Waals surface area contributed by atoms with Crippen LogP contribution in [0.1, 0.15) is 50.7 Å². The Hall–Kier alpha value is -1.02. The summed E-state index contributed by atoms with van der Waals surface area (Å²) in [6.07, 6.45) is 2.25. The van der Waals surface area contributed by atoms with Gasteiger partial charge in [0.15, 0.2) is 0 Å². The maximum atomic E-state index is 10.0. The van der Waals surface area contributed by atoms with E-state index in [-0.39, 0.29) is 5.41 Å². The van der Waals surface area contributed by atoms with Crippen LogP contribution < -0.4 is 5.32 Å². The van der Waals surface area contributed by atoms with Gasteiger partial charge >= 0.3 is 0 Å². The van der Waals surface area contributed by atoms with Gasteiger partial charge in [0, 0.05) is 0 Å². The molecule has 0 radical (unpaired) electrons. The molecule has 1 aromatic carbocycles. The van der Waals surface area contributed by atoms with Crippen molar-refractivity contribution in [2.75, 3.05) is 13.1 Å². The van der Waals surface area contributed by atoms with Crippen molar-refractivity contribution in [2.24, 2.45) is 0 Å². The van der Waals surface area contributed by atoms with Crippen LogP contribution in [0.3, 0.4) is 0 Å². The fourth-order valence-electron chi connectivity index (χ4n) is 2.48. The zero-order valence-electron chi connectivity index (χ0n) is 11.1. The van der Waals surface area contributed by atoms with E-state index in [1.807, 2.05) is 12.1 Å². The van der Waals surface area contributed by atoms with Crippen LogP contribution in [-0.2, 0) is 5.41 Å². The molecule has 1 fully saturated rings. The number of rotatable bonds is 1. The number of phenols is 1. The number of nitrogens with one attached hydrogen (secondary N) is 1. The van der Waals surface area contributed by atoms with Crippen molar-refractivity contribution < 1.29 is 5.11 Å². The molecule has 1 aromatic rings. The Morgan fingerprint density at radius 3 is 2.41 bits per heavy atom. The number of piperidine rings is 1.